The molecule has 0 fully saturated rings. The molecule has 2 amide bonds. The highest BCUT2D eigenvalue weighted by Gasteiger charge is 2.17. The van der Waals surface area contributed by atoms with Crippen molar-refractivity contribution in [2.75, 3.05) is 22.8 Å². The molecule has 0 radical (unpaired) electrons. The highest BCUT2D eigenvalue weighted by atomic mass is 32.2. The van der Waals surface area contributed by atoms with Crippen LogP contribution in [-0.4, -0.2) is 33.0 Å². The van der Waals surface area contributed by atoms with E-state index in [1.807, 2.05) is 6.92 Å². The quantitative estimate of drug-likeness (QED) is 0.691. The lowest BCUT2D eigenvalue weighted by Crippen LogP contribution is -2.26. The Morgan fingerprint density at radius 3 is 2.00 bits per heavy atom. The molecule has 0 heterocycles. The van der Waals surface area contributed by atoms with Gasteiger partial charge in [-0.15, -0.1) is 0 Å². The molecule has 0 bridgehead atoms. The number of benzene rings is 2. The molecule has 0 aromatic heterocycles. The van der Waals surface area contributed by atoms with Crippen molar-refractivity contribution in [1.29, 1.82) is 0 Å². The molecule has 2 rings (SSSR count). The van der Waals surface area contributed by atoms with Crippen LogP contribution in [0.5, 0.6) is 0 Å². The third-order valence-corrected chi connectivity index (χ3v) is 4.01. The number of hydrogen-bond donors (Lipinski definition) is 3. The van der Waals surface area contributed by atoms with Crippen LogP contribution in [0.3, 0.4) is 0 Å². The predicted molar refractivity (Wildman–Crippen MR) is 102 cm³/mol. The average molecular weight is 375 g/mol. The number of sulfonamides is 1. The third-order valence-electron chi connectivity index (χ3n) is 3.42. The third kappa shape index (κ3) is 5.32. The van der Waals surface area contributed by atoms with Crippen molar-refractivity contribution < 1.29 is 18.0 Å². The maximum absolute atomic E-state index is 12.6. The summed E-state index contributed by atoms with van der Waals surface area (Å²) in [6.07, 6.45) is 1.81. The van der Waals surface area contributed by atoms with Crippen molar-refractivity contribution in [2.45, 2.75) is 13.3 Å². The number of amides is 2. The summed E-state index contributed by atoms with van der Waals surface area (Å²) in [5, 5.41) is 5.44. The Hall–Kier alpha value is -2.87. The zero-order chi connectivity index (χ0) is 19.2. The summed E-state index contributed by atoms with van der Waals surface area (Å²) in [6, 6.07) is 12.9. The topological polar surface area (TPSA) is 104 Å². The minimum absolute atomic E-state index is 0.154. The predicted octanol–water partition coefficient (Wildman–Crippen LogP) is 2.45. The maximum atomic E-state index is 12.6. The fraction of sp³-hybridized carbons (Fsp3) is 0.222. The smallest absolute Gasteiger partial charge is 0.257 e. The second-order valence-corrected chi connectivity index (χ2v) is 7.42. The summed E-state index contributed by atoms with van der Waals surface area (Å²) in [5.41, 5.74) is 1.00. The molecule has 0 saturated heterocycles. The largest absolute Gasteiger partial charge is 0.352 e. The number of rotatable bonds is 7. The molecule has 0 aliphatic heterocycles. The molecule has 138 valence electrons. The number of nitrogens with one attached hydrogen (secondary N) is 3. The molecule has 2 aromatic carbocycles. The summed E-state index contributed by atoms with van der Waals surface area (Å²) in [5.74, 6) is -0.808. The minimum Gasteiger partial charge on any atom is -0.352 e. The lowest BCUT2D eigenvalue weighted by atomic mass is 10.1. The van der Waals surface area contributed by atoms with Crippen molar-refractivity contribution in [1.82, 2.24) is 5.32 Å². The van der Waals surface area contributed by atoms with Crippen molar-refractivity contribution in [3.8, 4) is 0 Å². The number of para-hydroxylation sites is 2. The van der Waals surface area contributed by atoms with Crippen LogP contribution in [0.25, 0.3) is 0 Å². The van der Waals surface area contributed by atoms with Gasteiger partial charge in [-0.05, 0) is 30.7 Å². The molecular formula is C18H21N3O4S. The number of carbonyl (C=O) groups excluding carboxylic acids is 2. The second kappa shape index (κ2) is 8.48. The van der Waals surface area contributed by atoms with Crippen LogP contribution in [0, 0.1) is 0 Å². The number of hydrogen-bond acceptors (Lipinski definition) is 4. The molecule has 7 nitrogen and oxygen atoms in total. The Kier molecular flexibility index (Phi) is 6.35. The lowest BCUT2D eigenvalue weighted by Gasteiger charge is -2.13. The first-order chi connectivity index (χ1) is 12.3. The molecule has 0 atom stereocenters. The van der Waals surface area contributed by atoms with E-state index >= 15 is 0 Å². The number of carbonyl (C=O) groups is 2. The first kappa shape index (κ1) is 19.5. The van der Waals surface area contributed by atoms with Crippen molar-refractivity contribution >= 4 is 33.2 Å². The average Bonchev–Trinajstić information content (AvgIpc) is 2.59. The van der Waals surface area contributed by atoms with Crippen LogP contribution in [0.15, 0.2) is 48.5 Å². The van der Waals surface area contributed by atoms with Gasteiger partial charge in [-0.1, -0.05) is 31.2 Å². The summed E-state index contributed by atoms with van der Waals surface area (Å²) < 4.78 is 25.3. The van der Waals surface area contributed by atoms with Crippen LogP contribution >= 0.6 is 0 Å². The van der Waals surface area contributed by atoms with Gasteiger partial charge in [0.05, 0.1) is 28.8 Å². The number of anilines is 2. The Morgan fingerprint density at radius 1 is 0.885 bits per heavy atom. The molecule has 8 heteroatoms. The van der Waals surface area contributed by atoms with Gasteiger partial charge in [0.2, 0.25) is 10.0 Å². The Bertz CT molecular complexity index is 910. The Balaban J connectivity index is 2.28. The molecule has 0 aliphatic rings. The van der Waals surface area contributed by atoms with Gasteiger partial charge >= 0.3 is 0 Å². The van der Waals surface area contributed by atoms with Crippen molar-refractivity contribution in [3.63, 3.8) is 0 Å². The standard InChI is InChI=1S/C18H21N3O4S/c1-3-12-19-17(22)13-8-4-6-10-15(13)20-18(23)14-9-5-7-11-16(14)21-26(2,24)25/h4-11,21H,3,12H2,1-2H3,(H,19,22)(H,20,23). The van der Waals surface area contributed by atoms with Crippen LogP contribution in [0.1, 0.15) is 34.1 Å². The van der Waals surface area contributed by atoms with Crippen LogP contribution in [0.2, 0.25) is 0 Å². The molecular weight excluding hydrogens is 354 g/mol. The van der Waals surface area contributed by atoms with E-state index in [2.05, 4.69) is 15.4 Å². The molecule has 0 saturated carbocycles. The van der Waals surface area contributed by atoms with Gasteiger partial charge in [0.1, 0.15) is 0 Å². The Morgan fingerprint density at radius 2 is 1.42 bits per heavy atom. The molecule has 0 spiro atoms. The van der Waals surface area contributed by atoms with Gasteiger partial charge in [0, 0.05) is 6.54 Å². The van der Waals surface area contributed by atoms with Gasteiger partial charge in [0.15, 0.2) is 0 Å². The Labute approximate surface area is 152 Å². The first-order valence-electron chi connectivity index (χ1n) is 8.07. The van der Waals surface area contributed by atoms with Crippen LogP contribution in [-0.2, 0) is 10.0 Å². The van der Waals surface area contributed by atoms with Gasteiger partial charge in [-0.25, -0.2) is 8.42 Å². The van der Waals surface area contributed by atoms with E-state index in [-0.39, 0.29) is 17.2 Å². The fourth-order valence-corrected chi connectivity index (χ4v) is 2.86. The van der Waals surface area contributed by atoms with E-state index in [9.17, 15) is 18.0 Å². The van der Waals surface area contributed by atoms with Gasteiger partial charge < -0.3 is 10.6 Å². The minimum atomic E-state index is -3.53. The second-order valence-electron chi connectivity index (χ2n) is 5.68. The summed E-state index contributed by atoms with van der Waals surface area (Å²) in [6.45, 7) is 2.47. The first-order valence-corrected chi connectivity index (χ1v) is 9.96. The zero-order valence-corrected chi connectivity index (χ0v) is 15.4. The lowest BCUT2D eigenvalue weighted by molar-refractivity contribution is 0.0954. The monoisotopic (exact) mass is 375 g/mol. The maximum Gasteiger partial charge on any atom is 0.257 e. The highest BCUT2D eigenvalue weighted by molar-refractivity contribution is 7.92. The fourth-order valence-electron chi connectivity index (χ4n) is 2.28. The van der Waals surface area contributed by atoms with E-state index in [4.69, 9.17) is 0 Å². The van der Waals surface area contributed by atoms with Gasteiger partial charge in [-0.2, -0.15) is 0 Å². The van der Waals surface area contributed by atoms with Crippen molar-refractivity contribution in [2.24, 2.45) is 0 Å². The van der Waals surface area contributed by atoms with E-state index in [0.29, 0.717) is 17.8 Å². The van der Waals surface area contributed by atoms with Crippen molar-refractivity contribution in [3.05, 3.63) is 59.7 Å². The van der Waals surface area contributed by atoms with E-state index < -0.39 is 15.9 Å². The SMILES string of the molecule is CCCNC(=O)c1ccccc1NC(=O)c1ccccc1NS(C)(=O)=O. The molecule has 3 N–H and O–H groups in total. The zero-order valence-electron chi connectivity index (χ0n) is 14.6. The van der Waals surface area contributed by atoms with Crippen LogP contribution in [0.4, 0.5) is 11.4 Å². The van der Waals surface area contributed by atoms with Gasteiger partial charge in [0.25, 0.3) is 11.8 Å². The summed E-state index contributed by atoms with van der Waals surface area (Å²) in [4.78, 5) is 24.9. The van der Waals surface area contributed by atoms with E-state index in [1.54, 1.807) is 36.4 Å². The molecule has 26 heavy (non-hydrogen) atoms. The van der Waals surface area contributed by atoms with Crippen LogP contribution < -0.4 is 15.4 Å². The highest BCUT2D eigenvalue weighted by Crippen LogP contribution is 2.20. The van der Waals surface area contributed by atoms with E-state index in [1.165, 1.54) is 12.1 Å². The van der Waals surface area contributed by atoms with Gasteiger partial charge in [-0.3, -0.25) is 14.3 Å². The summed E-state index contributed by atoms with van der Waals surface area (Å²) in [7, 11) is -3.53. The summed E-state index contributed by atoms with van der Waals surface area (Å²) >= 11 is 0. The van der Waals surface area contributed by atoms with E-state index in [0.717, 1.165) is 12.7 Å². The normalized spacial score (nSPS) is 10.8. The molecule has 0 aliphatic carbocycles. The molecule has 2 aromatic rings. The molecule has 0 unspecified atom stereocenters.